The molecule has 3 heterocycles. The van der Waals surface area contributed by atoms with Gasteiger partial charge in [-0.25, -0.2) is 4.79 Å². The number of nitrogens with one attached hydrogen (secondary N) is 2. The number of allylic oxidation sites excluding steroid dienone is 2. The fourth-order valence-electron chi connectivity index (χ4n) is 4.88. The van der Waals surface area contributed by atoms with Crippen molar-refractivity contribution in [3.63, 3.8) is 0 Å². The summed E-state index contributed by atoms with van der Waals surface area (Å²) in [6.45, 7) is 6.62. The molecule has 7 heteroatoms. The fourth-order valence-corrected chi connectivity index (χ4v) is 4.88. The summed E-state index contributed by atoms with van der Waals surface area (Å²) in [7, 11) is 1.72. The summed E-state index contributed by atoms with van der Waals surface area (Å²) in [5.74, 6) is 0.241. The molecule has 3 aliphatic heterocycles. The standard InChI is InChI=1S/C23H29N5O2.C7H8.2CH4.2H2/c1-30-11-10-28-14-20(18-6-3-2-4-7-18)21(15-28)27-22(29)26-19-12-23(17-25-13-19)8-5-9-24-16-23;1-7-5-3-2-4-6-7;;;;/h2-9,12-13,20-21H,10-11,14-17H2,1H3,(H2,26,27,29);2-6H,1H3;2*1H4;2*1H/t20-,21+,23?;;;;;/m0...../s1. The van der Waals surface area contributed by atoms with Crippen LogP contribution in [0.25, 0.3) is 0 Å². The molecule has 1 unspecified atom stereocenters. The van der Waals surface area contributed by atoms with Gasteiger partial charge in [0.1, 0.15) is 0 Å². The molecule has 3 aliphatic rings. The Morgan fingerprint density at radius 2 is 1.74 bits per heavy atom. The number of amides is 2. The number of dihydropyridines is 2. The van der Waals surface area contributed by atoms with Crippen LogP contribution < -0.4 is 10.6 Å². The second-order valence-corrected chi connectivity index (χ2v) is 9.78. The molecule has 2 aromatic carbocycles. The summed E-state index contributed by atoms with van der Waals surface area (Å²) in [6, 6.07) is 20.5. The Bertz CT molecular complexity index is 1140. The molecule has 1 saturated heterocycles. The summed E-state index contributed by atoms with van der Waals surface area (Å²) in [6.07, 6.45) is 9.63. The topological polar surface area (TPSA) is 78.3 Å². The van der Waals surface area contributed by atoms with E-state index in [4.69, 9.17) is 4.74 Å². The first-order valence-electron chi connectivity index (χ1n) is 12.8. The van der Waals surface area contributed by atoms with Crippen molar-refractivity contribution in [2.45, 2.75) is 33.7 Å². The summed E-state index contributed by atoms with van der Waals surface area (Å²) in [5, 5.41) is 6.17. The lowest BCUT2D eigenvalue weighted by Gasteiger charge is -2.29. The van der Waals surface area contributed by atoms with E-state index in [0.717, 1.165) is 19.6 Å². The second-order valence-electron chi connectivity index (χ2n) is 9.78. The van der Waals surface area contributed by atoms with Crippen LogP contribution in [0.5, 0.6) is 0 Å². The Balaban J connectivity index is 0.00000128. The summed E-state index contributed by atoms with van der Waals surface area (Å²) < 4.78 is 5.24. The van der Waals surface area contributed by atoms with E-state index < -0.39 is 0 Å². The maximum absolute atomic E-state index is 12.8. The van der Waals surface area contributed by atoms with E-state index in [-0.39, 0.29) is 41.1 Å². The van der Waals surface area contributed by atoms with Crippen LogP contribution in [0.3, 0.4) is 0 Å². The molecule has 2 amide bonds. The Morgan fingerprint density at radius 3 is 2.36 bits per heavy atom. The molecular weight excluding hydrogens is 486 g/mol. The van der Waals surface area contributed by atoms with Gasteiger partial charge in [0, 0.05) is 53.4 Å². The number of aliphatic imine (C=N–C) groups is 2. The molecule has 39 heavy (non-hydrogen) atoms. The average molecular weight is 536 g/mol. The van der Waals surface area contributed by atoms with Gasteiger partial charge < -0.3 is 15.4 Å². The van der Waals surface area contributed by atoms with Gasteiger partial charge in [0.15, 0.2) is 0 Å². The number of nitrogens with zero attached hydrogens (tertiary/aromatic N) is 3. The lowest BCUT2D eigenvalue weighted by molar-refractivity contribution is 0.159. The van der Waals surface area contributed by atoms with Gasteiger partial charge in [0.2, 0.25) is 0 Å². The number of hydrogen-bond acceptors (Lipinski definition) is 5. The molecule has 0 aromatic heterocycles. The number of carbonyl (C=O) groups is 1. The van der Waals surface area contributed by atoms with Gasteiger partial charge in [-0.2, -0.15) is 0 Å². The Morgan fingerprint density at radius 1 is 1.05 bits per heavy atom. The Hall–Kier alpha value is -3.55. The number of methoxy groups -OCH3 is 1. The number of ether oxygens (including phenoxy) is 1. The number of hydrogen-bond donors (Lipinski definition) is 2. The van der Waals surface area contributed by atoms with Gasteiger partial charge in [-0.1, -0.05) is 87.2 Å². The van der Waals surface area contributed by atoms with Crippen molar-refractivity contribution in [3.8, 4) is 0 Å². The minimum Gasteiger partial charge on any atom is -0.383 e. The van der Waals surface area contributed by atoms with Crippen LogP contribution in [0.15, 0.2) is 94.6 Å². The van der Waals surface area contributed by atoms with Crippen LogP contribution in [-0.2, 0) is 4.74 Å². The Labute approximate surface area is 237 Å². The van der Waals surface area contributed by atoms with Crippen LogP contribution >= 0.6 is 0 Å². The predicted molar refractivity (Wildman–Crippen MR) is 168 cm³/mol. The van der Waals surface area contributed by atoms with Gasteiger partial charge in [0.25, 0.3) is 0 Å². The van der Waals surface area contributed by atoms with Crippen molar-refractivity contribution < 1.29 is 12.4 Å². The van der Waals surface area contributed by atoms with Gasteiger partial charge in [0.05, 0.1) is 31.4 Å². The number of carbonyl (C=O) groups excluding carboxylic acids is 1. The fraction of sp³-hybridized carbons (Fsp3) is 0.406. The van der Waals surface area contributed by atoms with E-state index in [2.05, 4.69) is 68.9 Å². The molecule has 0 bridgehead atoms. The molecule has 214 valence electrons. The van der Waals surface area contributed by atoms with E-state index in [1.165, 1.54) is 11.1 Å². The maximum atomic E-state index is 12.8. The molecule has 2 aromatic rings. The second kappa shape index (κ2) is 15.8. The van der Waals surface area contributed by atoms with Crippen molar-refractivity contribution in [2.24, 2.45) is 15.4 Å². The Kier molecular flexibility index (Phi) is 12.8. The summed E-state index contributed by atoms with van der Waals surface area (Å²) in [4.78, 5) is 24.0. The number of likely N-dealkylation sites (tertiary alicyclic amines) is 1. The number of aryl methyl sites for hydroxylation is 1. The van der Waals surface area contributed by atoms with E-state index in [9.17, 15) is 4.79 Å². The van der Waals surface area contributed by atoms with Crippen LogP contribution in [0.1, 0.15) is 34.8 Å². The van der Waals surface area contributed by atoms with Crippen LogP contribution in [0.4, 0.5) is 4.79 Å². The number of benzene rings is 2. The lowest BCUT2D eigenvalue weighted by Crippen LogP contribution is -2.46. The van der Waals surface area contributed by atoms with E-state index in [1.54, 1.807) is 19.5 Å². The molecule has 0 radical (unpaired) electrons. The largest absolute Gasteiger partial charge is 0.383 e. The normalized spacial score (nSPS) is 23.1. The number of rotatable bonds is 6. The SMILES string of the molecule is C.C.COCCN1C[C@@H](NC(=O)NC2=CC3(C=CC=NC3)CN=C2)[C@H](c2ccccc2)C1.Cc1ccccc1.[HH].[HH]. The molecule has 0 saturated carbocycles. The lowest BCUT2D eigenvalue weighted by atomic mass is 9.84. The first-order chi connectivity index (χ1) is 18.1. The molecule has 1 spiro atoms. The van der Waals surface area contributed by atoms with Gasteiger partial charge in [-0.05, 0) is 24.6 Å². The third-order valence-electron chi connectivity index (χ3n) is 6.81. The zero-order valence-corrected chi connectivity index (χ0v) is 21.7. The van der Waals surface area contributed by atoms with E-state index >= 15 is 0 Å². The highest BCUT2D eigenvalue weighted by Gasteiger charge is 2.35. The number of urea groups is 1. The average Bonchev–Trinajstić information content (AvgIpc) is 3.31. The molecular formula is C32H49N5O2. The highest BCUT2D eigenvalue weighted by atomic mass is 16.5. The molecule has 1 fully saturated rings. The van der Waals surface area contributed by atoms with Crippen molar-refractivity contribution in [2.75, 3.05) is 46.4 Å². The summed E-state index contributed by atoms with van der Waals surface area (Å²) >= 11 is 0. The third kappa shape index (κ3) is 9.30. The molecule has 2 N–H and O–H groups in total. The minimum absolute atomic E-state index is 0. The van der Waals surface area contributed by atoms with E-state index in [1.807, 2.05) is 42.5 Å². The molecule has 3 atom stereocenters. The third-order valence-corrected chi connectivity index (χ3v) is 6.81. The van der Waals surface area contributed by atoms with Gasteiger partial charge in [-0.3, -0.25) is 14.9 Å². The monoisotopic (exact) mass is 535 g/mol. The zero-order chi connectivity index (χ0) is 25.9. The van der Waals surface area contributed by atoms with Crippen molar-refractivity contribution in [1.82, 2.24) is 15.5 Å². The van der Waals surface area contributed by atoms with Crippen molar-refractivity contribution >= 4 is 18.5 Å². The predicted octanol–water partition coefficient (Wildman–Crippen LogP) is 5.75. The van der Waals surface area contributed by atoms with Crippen LogP contribution in [0.2, 0.25) is 0 Å². The molecule has 5 rings (SSSR count). The molecule has 7 nitrogen and oxygen atoms in total. The van der Waals surface area contributed by atoms with Crippen LogP contribution in [-0.4, -0.2) is 75.8 Å². The van der Waals surface area contributed by atoms with Crippen molar-refractivity contribution in [1.29, 1.82) is 0 Å². The first-order valence-corrected chi connectivity index (χ1v) is 12.8. The van der Waals surface area contributed by atoms with Gasteiger partial charge in [-0.15, -0.1) is 0 Å². The zero-order valence-electron chi connectivity index (χ0n) is 21.7. The quantitative estimate of drug-likeness (QED) is 0.494. The van der Waals surface area contributed by atoms with E-state index in [0.29, 0.717) is 25.4 Å². The highest BCUT2D eigenvalue weighted by molar-refractivity contribution is 5.88. The van der Waals surface area contributed by atoms with Gasteiger partial charge >= 0.3 is 6.03 Å². The summed E-state index contributed by atoms with van der Waals surface area (Å²) in [5.41, 5.74) is 3.04. The highest BCUT2D eigenvalue weighted by Crippen LogP contribution is 2.29. The first kappa shape index (κ1) is 31.7. The minimum atomic E-state index is -0.233. The van der Waals surface area contributed by atoms with Crippen LogP contribution in [0, 0.1) is 12.3 Å². The van der Waals surface area contributed by atoms with Crippen molar-refractivity contribution in [3.05, 3.63) is 95.7 Å². The molecule has 0 aliphatic carbocycles. The maximum Gasteiger partial charge on any atom is 0.319 e. The smallest absolute Gasteiger partial charge is 0.319 e.